The smallest absolute Gasteiger partial charge is 0.131 e. The van der Waals surface area contributed by atoms with Crippen LogP contribution in [0.1, 0.15) is 58.3 Å². The maximum Gasteiger partial charge on any atom is 0.131 e. The third-order valence-corrected chi connectivity index (χ3v) is 8.07. The maximum absolute atomic E-state index is 11.2. The molecule has 0 amide bonds. The molecular formula is C22H30O2. The Morgan fingerprint density at radius 3 is 2.83 bits per heavy atom. The summed E-state index contributed by atoms with van der Waals surface area (Å²) in [5.41, 5.74) is 0.585. The van der Waals surface area contributed by atoms with Crippen LogP contribution >= 0.6 is 0 Å². The van der Waals surface area contributed by atoms with Crippen LogP contribution < -0.4 is 0 Å². The molecule has 4 aliphatic rings. The topological polar surface area (TPSA) is 29.5 Å². The lowest BCUT2D eigenvalue weighted by Crippen LogP contribution is -2.53. The number of rotatable bonds is 2. The minimum absolute atomic E-state index is 0.0452. The molecule has 6 unspecified atom stereocenters. The Hall–Kier alpha value is -1.20. The van der Waals surface area contributed by atoms with Gasteiger partial charge in [-0.2, -0.15) is 0 Å². The molecule has 2 nitrogen and oxygen atoms in total. The van der Waals surface area contributed by atoms with Gasteiger partial charge in [-0.15, -0.1) is 6.42 Å². The zero-order valence-electron chi connectivity index (χ0n) is 15.1. The number of methoxy groups -OCH3 is 1. The fraction of sp³-hybridized carbons (Fsp3) is 0.727. The first-order valence-corrected chi connectivity index (χ1v) is 9.73. The van der Waals surface area contributed by atoms with E-state index in [-0.39, 0.29) is 5.41 Å². The summed E-state index contributed by atoms with van der Waals surface area (Å²) in [5.74, 6) is 6.70. The van der Waals surface area contributed by atoms with E-state index in [1.165, 1.54) is 18.4 Å². The van der Waals surface area contributed by atoms with E-state index in [9.17, 15) is 5.11 Å². The summed E-state index contributed by atoms with van der Waals surface area (Å²) in [6.45, 7) is 2.24. The van der Waals surface area contributed by atoms with Crippen LogP contribution in [0.5, 0.6) is 0 Å². The van der Waals surface area contributed by atoms with Gasteiger partial charge in [-0.1, -0.05) is 18.9 Å². The normalized spacial score (nSPS) is 46.8. The third kappa shape index (κ3) is 2.00. The van der Waals surface area contributed by atoms with Gasteiger partial charge in [-0.25, -0.2) is 0 Å². The number of aliphatic hydroxyl groups is 1. The van der Waals surface area contributed by atoms with Gasteiger partial charge in [-0.05, 0) is 80.3 Å². The molecule has 2 saturated carbocycles. The van der Waals surface area contributed by atoms with E-state index in [0.717, 1.165) is 50.2 Å². The number of hydrogen-bond acceptors (Lipinski definition) is 2. The van der Waals surface area contributed by atoms with Crippen LogP contribution in [0, 0.1) is 41.4 Å². The summed E-state index contributed by atoms with van der Waals surface area (Å²) in [7, 11) is 1.79. The predicted octanol–water partition coefficient (Wildman–Crippen LogP) is 4.45. The molecule has 0 heterocycles. The second kappa shape index (κ2) is 5.67. The van der Waals surface area contributed by atoms with Gasteiger partial charge in [0.25, 0.3) is 0 Å². The molecule has 6 atom stereocenters. The molecule has 0 aromatic carbocycles. The summed E-state index contributed by atoms with van der Waals surface area (Å²) >= 11 is 0. The van der Waals surface area contributed by atoms with E-state index < -0.39 is 5.60 Å². The Balaban J connectivity index is 1.67. The fourth-order valence-corrected chi connectivity index (χ4v) is 6.87. The monoisotopic (exact) mass is 326 g/mol. The molecule has 0 radical (unpaired) electrons. The van der Waals surface area contributed by atoms with Crippen molar-refractivity contribution in [3.05, 3.63) is 23.5 Å². The summed E-state index contributed by atoms with van der Waals surface area (Å²) < 4.78 is 5.49. The lowest BCUT2D eigenvalue weighted by Gasteiger charge is -2.55. The lowest BCUT2D eigenvalue weighted by atomic mass is 9.50. The largest absolute Gasteiger partial charge is 0.501 e. The SMILES string of the molecule is C#CC1(O)CCC2C3CC=C4C=C(OC)CCC4C3CCC21CC. The highest BCUT2D eigenvalue weighted by atomic mass is 16.5. The van der Waals surface area contributed by atoms with Crippen LogP contribution in [0.25, 0.3) is 0 Å². The van der Waals surface area contributed by atoms with E-state index in [4.69, 9.17) is 11.2 Å². The minimum atomic E-state index is -0.878. The van der Waals surface area contributed by atoms with Crippen LogP contribution in [0.4, 0.5) is 0 Å². The zero-order chi connectivity index (χ0) is 16.9. The van der Waals surface area contributed by atoms with Crippen molar-refractivity contribution in [3.63, 3.8) is 0 Å². The quantitative estimate of drug-likeness (QED) is 0.760. The first-order valence-electron chi connectivity index (χ1n) is 9.73. The van der Waals surface area contributed by atoms with Crippen molar-refractivity contribution in [1.29, 1.82) is 0 Å². The van der Waals surface area contributed by atoms with Crippen molar-refractivity contribution >= 4 is 0 Å². The Kier molecular flexibility index (Phi) is 3.84. The fourth-order valence-electron chi connectivity index (χ4n) is 6.87. The second-order valence-electron chi connectivity index (χ2n) is 8.43. The van der Waals surface area contributed by atoms with Crippen LogP contribution in [-0.4, -0.2) is 17.8 Å². The zero-order valence-corrected chi connectivity index (χ0v) is 15.1. The van der Waals surface area contributed by atoms with Crippen molar-refractivity contribution in [2.45, 2.75) is 63.9 Å². The predicted molar refractivity (Wildman–Crippen MR) is 96.0 cm³/mol. The molecule has 2 heteroatoms. The number of fused-ring (bicyclic) bond motifs is 5. The first-order chi connectivity index (χ1) is 11.6. The summed E-state index contributed by atoms with van der Waals surface area (Å²) in [6.07, 6.45) is 19.2. The molecule has 4 aliphatic carbocycles. The lowest BCUT2D eigenvalue weighted by molar-refractivity contribution is -0.0945. The van der Waals surface area contributed by atoms with Gasteiger partial charge in [-0.3, -0.25) is 0 Å². The van der Waals surface area contributed by atoms with Gasteiger partial charge in [0.15, 0.2) is 0 Å². The molecule has 4 rings (SSSR count). The van der Waals surface area contributed by atoms with Crippen LogP contribution in [0.15, 0.2) is 23.5 Å². The number of hydrogen-bond donors (Lipinski definition) is 1. The van der Waals surface area contributed by atoms with E-state index in [1.807, 2.05) is 0 Å². The number of terminal acetylenes is 1. The molecule has 0 spiro atoms. The van der Waals surface area contributed by atoms with E-state index >= 15 is 0 Å². The Morgan fingerprint density at radius 2 is 2.12 bits per heavy atom. The van der Waals surface area contributed by atoms with Crippen molar-refractivity contribution in [1.82, 2.24) is 0 Å². The van der Waals surface area contributed by atoms with E-state index in [0.29, 0.717) is 17.8 Å². The highest BCUT2D eigenvalue weighted by Crippen LogP contribution is 2.65. The van der Waals surface area contributed by atoms with Crippen LogP contribution in [0.3, 0.4) is 0 Å². The molecular weight excluding hydrogens is 296 g/mol. The van der Waals surface area contributed by atoms with Crippen LogP contribution in [-0.2, 0) is 4.74 Å². The minimum Gasteiger partial charge on any atom is -0.501 e. The molecule has 0 aromatic rings. The molecule has 1 N–H and O–H groups in total. The average Bonchev–Trinajstić information content (AvgIpc) is 2.94. The standard InChI is InChI=1S/C22H30O2/c1-4-21-12-10-18-17-9-7-16(24-3)14-15(17)6-8-19(18)20(21)11-13-22(21,23)5-2/h2,6,14,17-20,23H,4,7-13H2,1,3H3. The molecule has 0 bridgehead atoms. The number of ether oxygens (including phenoxy) is 1. The van der Waals surface area contributed by atoms with Gasteiger partial charge in [0.1, 0.15) is 5.60 Å². The van der Waals surface area contributed by atoms with Crippen molar-refractivity contribution in [2.24, 2.45) is 29.1 Å². The average molecular weight is 326 g/mol. The molecule has 24 heavy (non-hydrogen) atoms. The van der Waals surface area contributed by atoms with Gasteiger partial charge < -0.3 is 9.84 Å². The Bertz CT molecular complexity index is 624. The summed E-state index contributed by atoms with van der Waals surface area (Å²) in [4.78, 5) is 0. The highest BCUT2D eigenvalue weighted by molar-refractivity contribution is 5.33. The molecule has 0 aliphatic heterocycles. The van der Waals surface area contributed by atoms with Gasteiger partial charge in [0, 0.05) is 11.8 Å². The Morgan fingerprint density at radius 1 is 1.29 bits per heavy atom. The summed E-state index contributed by atoms with van der Waals surface area (Å²) in [5, 5.41) is 11.2. The van der Waals surface area contributed by atoms with Crippen molar-refractivity contribution in [3.8, 4) is 12.3 Å². The molecule has 0 aromatic heterocycles. The van der Waals surface area contributed by atoms with Gasteiger partial charge in [0.05, 0.1) is 12.9 Å². The van der Waals surface area contributed by atoms with E-state index in [1.54, 1.807) is 7.11 Å². The molecule has 2 fully saturated rings. The highest BCUT2D eigenvalue weighted by Gasteiger charge is 2.63. The maximum atomic E-state index is 11.2. The van der Waals surface area contributed by atoms with Gasteiger partial charge >= 0.3 is 0 Å². The Labute approximate surface area is 146 Å². The molecule has 0 saturated heterocycles. The van der Waals surface area contributed by atoms with E-state index in [2.05, 4.69) is 25.0 Å². The molecule has 130 valence electrons. The second-order valence-corrected chi connectivity index (χ2v) is 8.43. The van der Waals surface area contributed by atoms with Crippen LogP contribution in [0.2, 0.25) is 0 Å². The number of allylic oxidation sites excluding steroid dienone is 4. The third-order valence-electron chi connectivity index (χ3n) is 8.07. The van der Waals surface area contributed by atoms with Gasteiger partial charge in [0.2, 0.25) is 0 Å². The first kappa shape index (κ1) is 16.3. The van der Waals surface area contributed by atoms with Crippen molar-refractivity contribution < 1.29 is 9.84 Å². The van der Waals surface area contributed by atoms with Crippen molar-refractivity contribution in [2.75, 3.05) is 7.11 Å². The summed E-state index contributed by atoms with van der Waals surface area (Å²) in [6, 6.07) is 0.